The molecule has 0 aromatic carbocycles. The average Bonchev–Trinajstić information content (AvgIpc) is 2.29. The molecule has 0 aromatic heterocycles. The molecule has 0 saturated carbocycles. The maximum Gasteiger partial charge on any atom is 0.397 e. The molecule has 0 spiro atoms. The third-order valence-electron chi connectivity index (χ3n) is 3.12. The Balaban J connectivity index is 3.69. The lowest BCUT2D eigenvalue weighted by atomic mass is 9.97. The Labute approximate surface area is 112 Å². The van der Waals surface area contributed by atoms with Gasteiger partial charge in [-0.05, 0) is 18.8 Å². The zero-order valence-corrected chi connectivity index (χ0v) is 12.5. The Morgan fingerprint density at radius 3 is 2.11 bits per heavy atom. The summed E-state index contributed by atoms with van der Waals surface area (Å²) >= 11 is 0. The van der Waals surface area contributed by atoms with Crippen LogP contribution in [0.25, 0.3) is 0 Å². The van der Waals surface area contributed by atoms with Gasteiger partial charge in [0.05, 0.1) is 6.61 Å². The fourth-order valence-corrected chi connectivity index (χ4v) is 2.48. The summed E-state index contributed by atoms with van der Waals surface area (Å²) in [4.78, 5) is 0. The van der Waals surface area contributed by atoms with E-state index in [1.54, 1.807) is 0 Å². The van der Waals surface area contributed by atoms with Crippen molar-refractivity contribution in [1.82, 2.24) is 0 Å². The summed E-state index contributed by atoms with van der Waals surface area (Å²) in [5.74, 6) is 0.239. The lowest BCUT2D eigenvalue weighted by Gasteiger charge is -2.14. The molecule has 1 N–H and O–H groups in total. The molecule has 0 aromatic rings. The molecule has 5 heteroatoms. The molecular weight excluding hydrogens is 252 g/mol. The number of unbranched alkanes of at least 4 members (excludes halogenated alkanes) is 5. The van der Waals surface area contributed by atoms with Gasteiger partial charge in [0.25, 0.3) is 0 Å². The lowest BCUT2D eigenvalue weighted by Crippen LogP contribution is -2.14. The highest BCUT2D eigenvalue weighted by Crippen LogP contribution is 2.17. The Bertz CT molecular complexity index is 275. The van der Waals surface area contributed by atoms with E-state index in [1.807, 2.05) is 0 Å². The highest BCUT2D eigenvalue weighted by molar-refractivity contribution is 7.80. The Morgan fingerprint density at radius 1 is 0.944 bits per heavy atom. The van der Waals surface area contributed by atoms with Crippen LogP contribution < -0.4 is 0 Å². The molecule has 4 nitrogen and oxygen atoms in total. The monoisotopic (exact) mass is 280 g/mol. The first-order valence-electron chi connectivity index (χ1n) is 7.11. The van der Waals surface area contributed by atoms with Crippen LogP contribution in [0.4, 0.5) is 0 Å². The number of hydrogen-bond acceptors (Lipinski definition) is 3. The zero-order chi connectivity index (χ0) is 13.9. The first-order valence-corrected chi connectivity index (χ1v) is 8.48. The van der Waals surface area contributed by atoms with Gasteiger partial charge in [-0.25, -0.2) is 4.18 Å². The lowest BCUT2D eigenvalue weighted by molar-refractivity contribution is 0.206. The SMILES string of the molecule is CCCCCCCCC(CCC)COS(=O)(=O)O. The van der Waals surface area contributed by atoms with Gasteiger partial charge in [0.15, 0.2) is 0 Å². The fraction of sp³-hybridized carbons (Fsp3) is 1.00. The fourth-order valence-electron chi connectivity index (χ4n) is 2.11. The van der Waals surface area contributed by atoms with Crippen LogP contribution in [0, 0.1) is 5.92 Å². The average molecular weight is 280 g/mol. The topological polar surface area (TPSA) is 63.6 Å². The van der Waals surface area contributed by atoms with E-state index in [-0.39, 0.29) is 12.5 Å². The Kier molecular flexibility index (Phi) is 10.7. The van der Waals surface area contributed by atoms with Crippen LogP contribution in [0.15, 0.2) is 0 Å². The van der Waals surface area contributed by atoms with E-state index in [4.69, 9.17) is 4.55 Å². The molecule has 1 unspecified atom stereocenters. The van der Waals surface area contributed by atoms with Crippen molar-refractivity contribution in [2.24, 2.45) is 5.92 Å². The molecule has 0 aliphatic carbocycles. The van der Waals surface area contributed by atoms with Gasteiger partial charge in [-0.3, -0.25) is 4.55 Å². The minimum atomic E-state index is -4.28. The molecule has 110 valence electrons. The maximum atomic E-state index is 10.5. The predicted molar refractivity (Wildman–Crippen MR) is 73.9 cm³/mol. The summed E-state index contributed by atoms with van der Waals surface area (Å²) < 4.78 is 34.1. The Hall–Kier alpha value is -0.130. The standard InChI is InChI=1S/C13H28O4S/c1-3-5-6-7-8-9-11-13(10-4-2)12-17-18(14,15)16/h13H,3-12H2,1-2H3,(H,14,15,16). The van der Waals surface area contributed by atoms with Crippen LogP contribution in [0.2, 0.25) is 0 Å². The normalized spacial score (nSPS) is 13.7. The Morgan fingerprint density at radius 2 is 1.56 bits per heavy atom. The molecule has 1 atom stereocenters. The van der Waals surface area contributed by atoms with E-state index < -0.39 is 10.4 Å². The molecule has 0 rings (SSSR count). The summed E-state index contributed by atoms with van der Waals surface area (Å²) in [6, 6.07) is 0. The van der Waals surface area contributed by atoms with Crippen molar-refractivity contribution in [3.05, 3.63) is 0 Å². The van der Waals surface area contributed by atoms with Crippen LogP contribution in [-0.4, -0.2) is 19.6 Å². The van der Waals surface area contributed by atoms with Crippen LogP contribution in [0.1, 0.15) is 71.6 Å². The third-order valence-corrected chi connectivity index (χ3v) is 3.55. The molecule has 0 aliphatic rings. The van der Waals surface area contributed by atoms with Gasteiger partial charge in [-0.2, -0.15) is 8.42 Å². The van der Waals surface area contributed by atoms with Crippen LogP contribution in [0.3, 0.4) is 0 Å². The van der Waals surface area contributed by atoms with Gasteiger partial charge in [-0.15, -0.1) is 0 Å². The van der Waals surface area contributed by atoms with Gasteiger partial charge in [-0.1, -0.05) is 58.8 Å². The largest absolute Gasteiger partial charge is 0.397 e. The van der Waals surface area contributed by atoms with E-state index in [2.05, 4.69) is 18.0 Å². The smallest absolute Gasteiger partial charge is 0.264 e. The van der Waals surface area contributed by atoms with E-state index >= 15 is 0 Å². The van der Waals surface area contributed by atoms with Crippen molar-refractivity contribution in [2.75, 3.05) is 6.61 Å². The molecule has 0 amide bonds. The van der Waals surface area contributed by atoms with Crippen molar-refractivity contribution in [3.63, 3.8) is 0 Å². The quantitative estimate of drug-likeness (QED) is 0.434. The summed E-state index contributed by atoms with van der Waals surface area (Å²) in [6.45, 7) is 4.38. The van der Waals surface area contributed by atoms with Crippen molar-refractivity contribution in [2.45, 2.75) is 71.6 Å². The molecule has 18 heavy (non-hydrogen) atoms. The van der Waals surface area contributed by atoms with Crippen molar-refractivity contribution >= 4 is 10.4 Å². The molecule has 0 aliphatic heterocycles. The summed E-state index contributed by atoms with van der Waals surface area (Å²) in [5.41, 5.74) is 0. The maximum absolute atomic E-state index is 10.5. The molecule has 0 fully saturated rings. The summed E-state index contributed by atoms with van der Waals surface area (Å²) in [7, 11) is -4.28. The van der Waals surface area contributed by atoms with Crippen LogP contribution in [-0.2, 0) is 14.6 Å². The molecule has 0 radical (unpaired) electrons. The van der Waals surface area contributed by atoms with E-state index in [0.717, 1.165) is 25.7 Å². The van der Waals surface area contributed by atoms with Crippen LogP contribution >= 0.6 is 0 Å². The predicted octanol–water partition coefficient (Wildman–Crippen LogP) is 3.97. The van der Waals surface area contributed by atoms with Crippen molar-refractivity contribution < 1.29 is 17.2 Å². The van der Waals surface area contributed by atoms with E-state index in [1.165, 1.54) is 32.1 Å². The van der Waals surface area contributed by atoms with Gasteiger partial charge >= 0.3 is 10.4 Å². The molecule has 0 heterocycles. The molecule has 0 saturated heterocycles. The molecule has 0 bridgehead atoms. The van der Waals surface area contributed by atoms with Gasteiger partial charge in [0.1, 0.15) is 0 Å². The summed E-state index contributed by atoms with van der Waals surface area (Å²) in [6.07, 6.45) is 10.3. The second kappa shape index (κ2) is 10.8. The summed E-state index contributed by atoms with van der Waals surface area (Å²) in [5, 5.41) is 0. The first kappa shape index (κ1) is 17.9. The zero-order valence-electron chi connectivity index (χ0n) is 11.7. The second-order valence-corrected chi connectivity index (χ2v) is 6.01. The van der Waals surface area contributed by atoms with Crippen molar-refractivity contribution in [3.8, 4) is 0 Å². The number of rotatable bonds is 12. The second-order valence-electron chi connectivity index (χ2n) is 4.92. The highest BCUT2D eigenvalue weighted by Gasteiger charge is 2.12. The van der Waals surface area contributed by atoms with E-state index in [9.17, 15) is 8.42 Å². The molecular formula is C13H28O4S. The highest BCUT2D eigenvalue weighted by atomic mass is 32.3. The van der Waals surface area contributed by atoms with Gasteiger partial charge < -0.3 is 0 Å². The minimum Gasteiger partial charge on any atom is -0.264 e. The van der Waals surface area contributed by atoms with Gasteiger partial charge in [0, 0.05) is 0 Å². The third kappa shape index (κ3) is 12.3. The van der Waals surface area contributed by atoms with E-state index in [0.29, 0.717) is 0 Å². The van der Waals surface area contributed by atoms with Crippen molar-refractivity contribution in [1.29, 1.82) is 0 Å². The van der Waals surface area contributed by atoms with Crippen LogP contribution in [0.5, 0.6) is 0 Å². The van der Waals surface area contributed by atoms with Gasteiger partial charge in [0.2, 0.25) is 0 Å². The minimum absolute atomic E-state index is 0.113. The number of hydrogen-bond donors (Lipinski definition) is 1. The first-order chi connectivity index (χ1) is 8.49.